The van der Waals surface area contributed by atoms with Crippen LogP contribution in [0.5, 0.6) is 0 Å². The molecule has 0 bridgehead atoms. The SMILES string of the molecule is [CH2-]CCC[CH]=[Cr]. The first kappa shape index (κ1) is 6.40. The molecule has 0 aromatic carbocycles. The van der Waals surface area contributed by atoms with Crippen LogP contribution < -0.4 is 0 Å². The molecule has 0 heterocycles. The van der Waals surface area contributed by atoms with Gasteiger partial charge in [-0.05, 0) is 0 Å². The molecule has 0 fully saturated rings. The van der Waals surface area contributed by atoms with Crippen LogP contribution in [-0.2, 0) is 15.9 Å². The molecule has 0 amide bonds. The van der Waals surface area contributed by atoms with Gasteiger partial charge in [-0.25, -0.2) is 0 Å². The predicted molar refractivity (Wildman–Crippen MR) is 25.3 cm³/mol. The monoisotopic (exact) mass is 121 g/mol. The molecule has 0 atom stereocenters. The predicted octanol–water partition coefficient (Wildman–Crippen LogP) is 1.34. The molecule has 0 aliphatic carbocycles. The van der Waals surface area contributed by atoms with E-state index in [1.807, 2.05) is 4.88 Å². The summed E-state index contributed by atoms with van der Waals surface area (Å²) >= 11 is 2.82. The zero-order chi connectivity index (χ0) is 4.83. The van der Waals surface area contributed by atoms with Crippen molar-refractivity contribution >= 4 is 4.88 Å². The molecule has 0 aromatic heterocycles. The molecule has 0 radical (unpaired) electrons. The quantitative estimate of drug-likeness (QED) is 0.390. The Labute approximate surface area is 47.5 Å². The molecule has 0 saturated heterocycles. The Hall–Kier alpha value is 0.402. The van der Waals surface area contributed by atoms with Gasteiger partial charge in [0, 0.05) is 0 Å². The van der Waals surface area contributed by atoms with E-state index in [2.05, 4.69) is 22.8 Å². The molecule has 0 unspecified atom stereocenters. The van der Waals surface area contributed by atoms with E-state index < -0.39 is 0 Å². The molecule has 0 nitrogen and oxygen atoms in total. The summed E-state index contributed by atoms with van der Waals surface area (Å²) in [5.41, 5.74) is 0. The van der Waals surface area contributed by atoms with E-state index in [-0.39, 0.29) is 0 Å². The van der Waals surface area contributed by atoms with Crippen molar-refractivity contribution in [3.63, 3.8) is 0 Å². The van der Waals surface area contributed by atoms with Gasteiger partial charge in [0.15, 0.2) is 0 Å². The van der Waals surface area contributed by atoms with Gasteiger partial charge >= 0.3 is 46.9 Å². The number of hydrogen-bond donors (Lipinski definition) is 0. The van der Waals surface area contributed by atoms with Gasteiger partial charge in [0.25, 0.3) is 0 Å². The van der Waals surface area contributed by atoms with Crippen LogP contribution in [0.4, 0.5) is 0 Å². The van der Waals surface area contributed by atoms with Gasteiger partial charge in [0.2, 0.25) is 0 Å². The zero-order valence-corrected chi connectivity index (χ0v) is 5.09. The molecule has 0 N–H and O–H groups in total. The molecular weight excluding hydrogens is 112 g/mol. The van der Waals surface area contributed by atoms with Crippen LogP contribution in [-0.4, -0.2) is 4.88 Å². The van der Waals surface area contributed by atoms with Gasteiger partial charge in [0.1, 0.15) is 0 Å². The molecule has 0 spiro atoms. The Morgan fingerprint density at radius 2 is 2.33 bits per heavy atom. The Kier molecular flexibility index (Phi) is 5.76. The van der Waals surface area contributed by atoms with Crippen molar-refractivity contribution in [1.29, 1.82) is 0 Å². The molecule has 0 aliphatic rings. The summed E-state index contributed by atoms with van der Waals surface area (Å²) in [6, 6.07) is 0. The van der Waals surface area contributed by atoms with Crippen LogP contribution in [0.25, 0.3) is 0 Å². The van der Waals surface area contributed by atoms with Crippen molar-refractivity contribution in [2.45, 2.75) is 19.3 Å². The summed E-state index contributed by atoms with van der Waals surface area (Å²) in [5.74, 6) is 0. The standard InChI is InChI=1S/C5H9.Cr/c1-3-5-4-2;/h1H,2-5H2;/q-1;. The normalized spacial score (nSPS) is 8.17. The average molecular weight is 121 g/mol. The molecule has 36 valence electrons. The van der Waals surface area contributed by atoms with Gasteiger partial charge in [-0.3, -0.25) is 0 Å². The van der Waals surface area contributed by atoms with Crippen LogP contribution in [0.15, 0.2) is 0 Å². The molecule has 0 aliphatic heterocycles. The molecular formula is C5H9Cr-. The number of unbranched alkanes of at least 4 members (excludes halogenated alkanes) is 2. The molecule has 6 heavy (non-hydrogen) atoms. The van der Waals surface area contributed by atoms with Crippen molar-refractivity contribution in [2.24, 2.45) is 0 Å². The summed E-state index contributed by atoms with van der Waals surface area (Å²) in [4.78, 5) is 2.05. The van der Waals surface area contributed by atoms with Crippen LogP contribution >= 0.6 is 0 Å². The van der Waals surface area contributed by atoms with Crippen LogP contribution in [0.1, 0.15) is 19.3 Å². The molecule has 0 rings (SSSR count). The molecule has 1 heteroatoms. The third kappa shape index (κ3) is 4.40. The fourth-order valence-corrected chi connectivity index (χ4v) is 0.488. The summed E-state index contributed by atoms with van der Waals surface area (Å²) < 4.78 is 0. The van der Waals surface area contributed by atoms with E-state index in [0.29, 0.717) is 0 Å². The topological polar surface area (TPSA) is 0 Å². The fraction of sp³-hybridized carbons (Fsp3) is 0.600. The van der Waals surface area contributed by atoms with Crippen LogP contribution in [0.3, 0.4) is 0 Å². The number of hydrogen-bond acceptors (Lipinski definition) is 0. The fourth-order valence-electron chi connectivity index (χ4n) is 0.228. The Morgan fingerprint density at radius 1 is 1.67 bits per heavy atom. The first-order valence-corrected chi connectivity index (χ1v) is 2.88. The van der Waals surface area contributed by atoms with Gasteiger partial charge in [0.05, 0.1) is 0 Å². The third-order valence-electron chi connectivity index (χ3n) is 0.572. The van der Waals surface area contributed by atoms with Crippen molar-refractivity contribution < 1.29 is 15.9 Å². The van der Waals surface area contributed by atoms with Crippen LogP contribution in [0.2, 0.25) is 0 Å². The van der Waals surface area contributed by atoms with E-state index in [4.69, 9.17) is 0 Å². The summed E-state index contributed by atoms with van der Waals surface area (Å²) in [6.07, 6.45) is 3.44. The van der Waals surface area contributed by atoms with E-state index >= 15 is 0 Å². The minimum absolute atomic E-state index is 1.05. The molecule has 0 saturated carbocycles. The van der Waals surface area contributed by atoms with Crippen molar-refractivity contribution in [2.75, 3.05) is 0 Å². The van der Waals surface area contributed by atoms with Crippen molar-refractivity contribution in [3.8, 4) is 0 Å². The maximum atomic E-state index is 3.69. The van der Waals surface area contributed by atoms with Crippen molar-refractivity contribution in [3.05, 3.63) is 6.92 Å². The van der Waals surface area contributed by atoms with E-state index in [0.717, 1.165) is 6.42 Å². The van der Waals surface area contributed by atoms with E-state index in [1.165, 1.54) is 12.8 Å². The molecule has 0 aromatic rings. The van der Waals surface area contributed by atoms with Gasteiger partial charge in [-0.15, -0.1) is 0 Å². The van der Waals surface area contributed by atoms with E-state index in [9.17, 15) is 0 Å². The Bertz CT molecular complexity index is 32.9. The van der Waals surface area contributed by atoms with Crippen LogP contribution in [0, 0.1) is 6.92 Å². The second kappa shape index (κ2) is 5.40. The van der Waals surface area contributed by atoms with Gasteiger partial charge in [-0.1, -0.05) is 0 Å². The zero-order valence-electron chi connectivity index (χ0n) is 3.81. The second-order valence-electron chi connectivity index (χ2n) is 1.16. The van der Waals surface area contributed by atoms with Gasteiger partial charge in [-0.2, -0.15) is 0 Å². The minimum atomic E-state index is 1.05. The summed E-state index contributed by atoms with van der Waals surface area (Å²) in [7, 11) is 0. The third-order valence-corrected chi connectivity index (χ3v) is 0.940. The van der Waals surface area contributed by atoms with Crippen molar-refractivity contribution in [1.82, 2.24) is 0 Å². The summed E-state index contributed by atoms with van der Waals surface area (Å²) in [6.45, 7) is 3.69. The summed E-state index contributed by atoms with van der Waals surface area (Å²) in [5, 5.41) is 0. The first-order chi connectivity index (χ1) is 2.91. The Morgan fingerprint density at radius 3 is 2.50 bits per heavy atom. The Balaban J connectivity index is 2.49. The van der Waals surface area contributed by atoms with E-state index in [1.54, 1.807) is 0 Å². The maximum absolute atomic E-state index is 3.69. The second-order valence-corrected chi connectivity index (χ2v) is 1.68. The number of rotatable bonds is 3. The van der Waals surface area contributed by atoms with Gasteiger partial charge < -0.3 is 0 Å². The first-order valence-electron chi connectivity index (χ1n) is 2.14. The average Bonchev–Trinajstić information content (AvgIpc) is 1.61.